The lowest BCUT2D eigenvalue weighted by molar-refractivity contribution is -0.106. The van der Waals surface area contributed by atoms with Crippen LogP contribution in [-0.2, 0) is 10.0 Å². The Morgan fingerprint density at radius 2 is 1.93 bits per heavy atom. The van der Waals surface area contributed by atoms with Crippen molar-refractivity contribution in [1.29, 1.82) is 0 Å². The van der Waals surface area contributed by atoms with Crippen molar-refractivity contribution >= 4 is 22.8 Å². The highest BCUT2D eigenvalue weighted by Gasteiger charge is 2.37. The van der Waals surface area contributed by atoms with Gasteiger partial charge in [0.15, 0.2) is 5.75 Å². The predicted octanol–water partition coefficient (Wildman–Crippen LogP) is -0.00290. The molecule has 0 aromatic heterocycles. The molecule has 1 aliphatic rings. The van der Waals surface area contributed by atoms with Crippen molar-refractivity contribution < 1.29 is 21.6 Å². The van der Waals surface area contributed by atoms with Crippen LogP contribution in [0.1, 0.15) is 0 Å². The fraction of sp³-hybridized carbons (Fsp3) is 1.00. The van der Waals surface area contributed by atoms with Crippen molar-refractivity contribution in [3.05, 3.63) is 0 Å². The lowest BCUT2D eigenvalue weighted by Gasteiger charge is -2.34. The van der Waals surface area contributed by atoms with E-state index < -0.39 is 28.0 Å². The summed E-state index contributed by atoms with van der Waals surface area (Å²) < 4.78 is 60.5. The van der Waals surface area contributed by atoms with Crippen molar-refractivity contribution in [3.8, 4) is 0 Å². The average molecular weight is 250 g/mol. The van der Waals surface area contributed by atoms with Crippen LogP contribution in [-0.4, -0.2) is 43.8 Å². The van der Waals surface area contributed by atoms with Gasteiger partial charge < -0.3 is 0 Å². The van der Waals surface area contributed by atoms with Gasteiger partial charge >= 0.3 is 6.18 Å². The summed E-state index contributed by atoms with van der Waals surface area (Å²) in [5.41, 5.74) is 0. The summed E-state index contributed by atoms with van der Waals surface area (Å²) in [5.74, 6) is -1.83. The van der Waals surface area contributed by atoms with Gasteiger partial charge in [0.05, 0.1) is 0 Å². The number of nitrogens with one attached hydrogen (secondary N) is 1. The molecule has 1 rings (SSSR count). The molecule has 1 N–H and O–H groups in total. The van der Waals surface area contributed by atoms with Gasteiger partial charge in [0.25, 0.3) is 0 Å². The Hall–Kier alpha value is 0.01000. The number of thiol groups is 1. The maximum atomic E-state index is 11.8. The van der Waals surface area contributed by atoms with Crippen LogP contribution in [0.4, 0.5) is 13.2 Å². The molecule has 0 aromatic carbocycles. The van der Waals surface area contributed by atoms with Gasteiger partial charge in [-0.3, -0.25) is 0 Å². The third-order valence-electron chi connectivity index (χ3n) is 1.56. The standard InChI is InChI=1S/C5H9F3N2O2S2/c6-5(7,8)3-14(11,12)9-4-1-10(13)2-4/h4,9,13H,1-3H2. The SMILES string of the molecule is O=S(=O)(CC(F)(F)F)NC1CN(S)C1. The van der Waals surface area contributed by atoms with E-state index in [-0.39, 0.29) is 0 Å². The molecule has 0 unspecified atom stereocenters. The Bertz CT molecular complexity index is 297. The third-order valence-corrected chi connectivity index (χ3v) is 3.29. The number of sulfonamides is 1. The van der Waals surface area contributed by atoms with Crippen LogP contribution in [0.3, 0.4) is 0 Å². The molecule has 4 nitrogen and oxygen atoms in total. The highest BCUT2D eigenvalue weighted by molar-refractivity contribution is 7.89. The van der Waals surface area contributed by atoms with E-state index in [0.29, 0.717) is 13.1 Å². The second-order valence-corrected chi connectivity index (χ2v) is 5.38. The van der Waals surface area contributed by atoms with Crippen LogP contribution in [0, 0.1) is 0 Å². The first-order valence-electron chi connectivity index (χ1n) is 3.68. The number of alkyl halides is 3. The molecular weight excluding hydrogens is 241 g/mol. The van der Waals surface area contributed by atoms with Gasteiger partial charge in [0.1, 0.15) is 0 Å². The first-order valence-corrected chi connectivity index (χ1v) is 5.74. The molecule has 0 saturated carbocycles. The van der Waals surface area contributed by atoms with E-state index >= 15 is 0 Å². The van der Waals surface area contributed by atoms with E-state index in [1.807, 2.05) is 4.72 Å². The van der Waals surface area contributed by atoms with E-state index in [1.165, 1.54) is 4.31 Å². The second kappa shape index (κ2) is 3.87. The van der Waals surface area contributed by atoms with Gasteiger partial charge in [-0.2, -0.15) is 13.2 Å². The summed E-state index contributed by atoms with van der Waals surface area (Å²) in [6.45, 7) is 0.639. The van der Waals surface area contributed by atoms with Crippen LogP contribution in [0.5, 0.6) is 0 Å². The van der Waals surface area contributed by atoms with Gasteiger partial charge in [-0.1, -0.05) is 12.8 Å². The fourth-order valence-electron chi connectivity index (χ4n) is 1.04. The number of rotatable bonds is 3. The Labute approximate surface area is 85.1 Å². The first kappa shape index (κ1) is 12.1. The maximum Gasteiger partial charge on any atom is 0.404 e. The molecule has 84 valence electrons. The van der Waals surface area contributed by atoms with E-state index in [1.54, 1.807) is 0 Å². The van der Waals surface area contributed by atoms with Crippen LogP contribution in [0.25, 0.3) is 0 Å². The monoisotopic (exact) mass is 250 g/mol. The van der Waals surface area contributed by atoms with Crippen LogP contribution in [0.2, 0.25) is 0 Å². The Balaban J connectivity index is 2.43. The lowest BCUT2D eigenvalue weighted by atomic mass is 10.2. The minimum absolute atomic E-state index is 0.320. The van der Waals surface area contributed by atoms with Crippen molar-refractivity contribution in [3.63, 3.8) is 0 Å². The van der Waals surface area contributed by atoms with Crippen molar-refractivity contribution in [1.82, 2.24) is 9.03 Å². The third kappa shape index (κ3) is 4.03. The summed E-state index contributed by atoms with van der Waals surface area (Å²) in [5, 5.41) is 0. The molecule has 1 heterocycles. The zero-order valence-electron chi connectivity index (χ0n) is 6.95. The average Bonchev–Trinajstić information content (AvgIpc) is 1.76. The number of hydrogen-bond donors (Lipinski definition) is 2. The minimum atomic E-state index is -4.70. The van der Waals surface area contributed by atoms with E-state index in [9.17, 15) is 21.6 Å². The quantitative estimate of drug-likeness (QED) is 0.693. The van der Waals surface area contributed by atoms with Crippen LogP contribution in [0.15, 0.2) is 0 Å². The molecule has 0 spiro atoms. The largest absolute Gasteiger partial charge is 0.404 e. The van der Waals surface area contributed by atoms with Crippen LogP contribution < -0.4 is 4.72 Å². The van der Waals surface area contributed by atoms with E-state index in [2.05, 4.69) is 12.8 Å². The lowest BCUT2D eigenvalue weighted by Crippen LogP contribution is -2.56. The van der Waals surface area contributed by atoms with Crippen LogP contribution >= 0.6 is 12.8 Å². The van der Waals surface area contributed by atoms with Crippen molar-refractivity contribution in [2.75, 3.05) is 18.8 Å². The Morgan fingerprint density at radius 3 is 2.29 bits per heavy atom. The minimum Gasteiger partial charge on any atom is -0.250 e. The topological polar surface area (TPSA) is 49.4 Å². The molecule has 1 aliphatic heterocycles. The summed E-state index contributed by atoms with van der Waals surface area (Å²) in [4.78, 5) is 0. The number of halogens is 3. The molecule has 0 aromatic rings. The van der Waals surface area contributed by atoms with Gasteiger partial charge in [0, 0.05) is 19.1 Å². The molecule has 0 bridgehead atoms. The second-order valence-electron chi connectivity index (χ2n) is 3.06. The number of hydrogen-bond acceptors (Lipinski definition) is 4. The first-order chi connectivity index (χ1) is 6.18. The summed E-state index contributed by atoms with van der Waals surface area (Å²) >= 11 is 3.86. The van der Waals surface area contributed by atoms with Crippen molar-refractivity contribution in [2.24, 2.45) is 0 Å². The highest BCUT2D eigenvalue weighted by Crippen LogP contribution is 2.18. The molecule has 0 atom stereocenters. The summed E-state index contributed by atoms with van der Waals surface area (Å²) in [7, 11) is -4.26. The predicted molar refractivity (Wildman–Crippen MR) is 47.3 cm³/mol. The molecule has 9 heteroatoms. The highest BCUT2D eigenvalue weighted by atomic mass is 32.2. The van der Waals surface area contributed by atoms with Crippen molar-refractivity contribution in [2.45, 2.75) is 12.2 Å². The molecule has 1 saturated heterocycles. The smallest absolute Gasteiger partial charge is 0.250 e. The summed E-state index contributed by atoms with van der Waals surface area (Å²) in [6, 6.07) is -0.458. The van der Waals surface area contributed by atoms with E-state index in [0.717, 1.165) is 0 Å². The van der Waals surface area contributed by atoms with Gasteiger partial charge in [0.2, 0.25) is 10.0 Å². The zero-order valence-corrected chi connectivity index (χ0v) is 8.66. The normalized spacial score (nSPS) is 20.9. The van der Waals surface area contributed by atoms with Gasteiger partial charge in [-0.15, -0.1) is 0 Å². The van der Waals surface area contributed by atoms with E-state index in [4.69, 9.17) is 0 Å². The maximum absolute atomic E-state index is 11.8. The molecular formula is C5H9F3N2O2S2. The number of nitrogens with zero attached hydrogens (tertiary/aromatic N) is 1. The fourth-order valence-corrected chi connectivity index (χ4v) is 2.61. The molecule has 14 heavy (non-hydrogen) atoms. The Kier molecular flexibility index (Phi) is 3.34. The van der Waals surface area contributed by atoms with Gasteiger partial charge in [-0.05, 0) is 0 Å². The molecule has 0 aliphatic carbocycles. The molecule has 0 radical (unpaired) electrons. The zero-order chi connectivity index (χ0) is 11.0. The Morgan fingerprint density at radius 1 is 1.43 bits per heavy atom. The molecule has 1 fully saturated rings. The van der Waals surface area contributed by atoms with Gasteiger partial charge in [-0.25, -0.2) is 17.4 Å². The summed E-state index contributed by atoms with van der Waals surface area (Å²) in [6.07, 6.45) is -4.70. The molecule has 0 amide bonds.